The first-order valence-electron chi connectivity index (χ1n) is 8.44. The van der Waals surface area contributed by atoms with Gasteiger partial charge >= 0.3 is 0 Å². The number of carbonyl (C=O) groups is 1. The molecule has 2 unspecified atom stereocenters. The Bertz CT molecular complexity index is 630. The van der Waals surface area contributed by atoms with Crippen molar-refractivity contribution in [3.8, 4) is 0 Å². The Morgan fingerprint density at radius 2 is 1.91 bits per heavy atom. The molecule has 23 heavy (non-hydrogen) atoms. The van der Waals surface area contributed by atoms with Crippen molar-refractivity contribution in [1.29, 1.82) is 0 Å². The van der Waals surface area contributed by atoms with Crippen LogP contribution in [0.25, 0.3) is 0 Å². The number of carbonyl (C=O) groups excluding carboxylic acids is 1. The van der Waals surface area contributed by atoms with Gasteiger partial charge in [0, 0.05) is 12.2 Å². The van der Waals surface area contributed by atoms with Gasteiger partial charge in [-0.3, -0.25) is 4.79 Å². The van der Waals surface area contributed by atoms with Gasteiger partial charge < -0.3 is 10.6 Å². The van der Waals surface area contributed by atoms with Crippen LogP contribution in [0.4, 0.5) is 5.69 Å². The summed E-state index contributed by atoms with van der Waals surface area (Å²) < 4.78 is 0. The molecule has 0 spiro atoms. The molecular weight excluding hydrogens is 284 g/mol. The molecule has 1 amide bonds. The van der Waals surface area contributed by atoms with E-state index in [0.717, 1.165) is 30.8 Å². The summed E-state index contributed by atoms with van der Waals surface area (Å²) in [6.07, 6.45) is 1.99. The second-order valence-electron chi connectivity index (χ2n) is 6.17. The number of hydrogen-bond donors (Lipinski definition) is 2. The molecular formula is C20H24N2O. The predicted molar refractivity (Wildman–Crippen MR) is 94.8 cm³/mol. The summed E-state index contributed by atoms with van der Waals surface area (Å²) in [5.41, 5.74) is 3.29. The van der Waals surface area contributed by atoms with Gasteiger partial charge in [0.05, 0.1) is 5.92 Å². The third-order valence-electron chi connectivity index (χ3n) is 4.64. The minimum Gasteiger partial charge on any atom is -0.326 e. The molecule has 1 heterocycles. The minimum atomic E-state index is -0.102. The topological polar surface area (TPSA) is 41.1 Å². The van der Waals surface area contributed by atoms with Gasteiger partial charge in [-0.2, -0.15) is 0 Å². The molecule has 0 saturated carbocycles. The molecule has 0 radical (unpaired) electrons. The van der Waals surface area contributed by atoms with Crippen molar-refractivity contribution in [2.45, 2.75) is 31.6 Å². The first-order valence-corrected chi connectivity index (χ1v) is 8.44. The van der Waals surface area contributed by atoms with Gasteiger partial charge in [0.1, 0.15) is 0 Å². The highest BCUT2D eigenvalue weighted by molar-refractivity contribution is 5.95. The van der Waals surface area contributed by atoms with Crippen LogP contribution in [0.15, 0.2) is 54.6 Å². The molecule has 1 aliphatic rings. The number of nitrogens with one attached hydrogen (secondary N) is 2. The van der Waals surface area contributed by atoms with E-state index in [1.165, 1.54) is 12.0 Å². The zero-order valence-electron chi connectivity index (χ0n) is 13.6. The molecule has 1 saturated heterocycles. The Morgan fingerprint density at radius 1 is 1.17 bits per heavy atom. The maximum atomic E-state index is 12.6. The van der Waals surface area contributed by atoms with Crippen molar-refractivity contribution in [3.63, 3.8) is 0 Å². The molecule has 3 rings (SSSR count). The van der Waals surface area contributed by atoms with Crippen LogP contribution in [0.2, 0.25) is 0 Å². The van der Waals surface area contributed by atoms with Gasteiger partial charge in [0.25, 0.3) is 0 Å². The van der Waals surface area contributed by atoms with Gasteiger partial charge in [-0.25, -0.2) is 0 Å². The Kier molecular flexibility index (Phi) is 5.09. The summed E-state index contributed by atoms with van der Waals surface area (Å²) in [5.74, 6) is 0.566. The van der Waals surface area contributed by atoms with E-state index in [4.69, 9.17) is 0 Å². The van der Waals surface area contributed by atoms with Gasteiger partial charge in [0.15, 0.2) is 0 Å². The largest absolute Gasteiger partial charge is 0.326 e. The third kappa shape index (κ3) is 3.80. The van der Waals surface area contributed by atoms with Crippen LogP contribution in [0, 0.1) is 0 Å². The van der Waals surface area contributed by atoms with E-state index in [2.05, 4.69) is 22.8 Å². The fourth-order valence-corrected chi connectivity index (χ4v) is 3.26. The van der Waals surface area contributed by atoms with Crippen molar-refractivity contribution in [3.05, 3.63) is 65.7 Å². The minimum absolute atomic E-state index is 0.0639. The molecule has 2 aromatic rings. The van der Waals surface area contributed by atoms with Crippen molar-refractivity contribution < 1.29 is 4.79 Å². The molecule has 1 aliphatic heterocycles. The summed E-state index contributed by atoms with van der Waals surface area (Å²) in [6.45, 7) is 4.20. The zero-order valence-corrected chi connectivity index (χ0v) is 13.6. The number of anilines is 1. The average Bonchev–Trinajstić information content (AvgIpc) is 3.12. The van der Waals surface area contributed by atoms with Gasteiger partial charge in [-0.05, 0) is 48.6 Å². The van der Waals surface area contributed by atoms with E-state index in [-0.39, 0.29) is 11.8 Å². The normalized spacial score (nSPS) is 18.6. The average molecular weight is 308 g/mol. The van der Waals surface area contributed by atoms with E-state index in [9.17, 15) is 4.79 Å². The predicted octanol–water partition coefficient (Wildman–Crippen LogP) is 3.90. The highest BCUT2D eigenvalue weighted by atomic mass is 16.1. The second-order valence-corrected chi connectivity index (χ2v) is 6.17. The maximum Gasteiger partial charge on any atom is 0.231 e. The third-order valence-corrected chi connectivity index (χ3v) is 4.64. The van der Waals surface area contributed by atoms with Crippen LogP contribution in [0.3, 0.4) is 0 Å². The number of benzene rings is 2. The smallest absolute Gasteiger partial charge is 0.231 e. The summed E-state index contributed by atoms with van der Waals surface area (Å²) >= 11 is 0. The quantitative estimate of drug-likeness (QED) is 0.879. The van der Waals surface area contributed by atoms with Crippen molar-refractivity contribution in [2.24, 2.45) is 0 Å². The van der Waals surface area contributed by atoms with Gasteiger partial charge in [-0.15, -0.1) is 0 Å². The standard InChI is InChI=1S/C20H24N2O/c1-2-19(16-6-4-3-5-7-16)20(23)22-18-10-8-15(9-11-18)17-12-13-21-14-17/h3-11,17,19,21H,2,12-14H2,1H3,(H,22,23). The highest BCUT2D eigenvalue weighted by Gasteiger charge is 2.19. The van der Waals surface area contributed by atoms with Crippen LogP contribution < -0.4 is 10.6 Å². The number of rotatable bonds is 5. The number of hydrogen-bond acceptors (Lipinski definition) is 2. The van der Waals surface area contributed by atoms with Crippen LogP contribution >= 0.6 is 0 Å². The first-order chi connectivity index (χ1) is 11.3. The second kappa shape index (κ2) is 7.42. The Balaban J connectivity index is 1.67. The van der Waals surface area contributed by atoms with Crippen LogP contribution in [-0.2, 0) is 4.79 Å². The molecule has 2 atom stereocenters. The Morgan fingerprint density at radius 3 is 2.52 bits per heavy atom. The van der Waals surface area contributed by atoms with E-state index < -0.39 is 0 Å². The molecule has 120 valence electrons. The Hall–Kier alpha value is -2.13. The molecule has 2 N–H and O–H groups in total. The maximum absolute atomic E-state index is 12.6. The molecule has 0 aromatic heterocycles. The van der Waals surface area contributed by atoms with Crippen LogP contribution in [0.5, 0.6) is 0 Å². The molecule has 1 fully saturated rings. The van der Waals surface area contributed by atoms with E-state index in [1.807, 2.05) is 49.4 Å². The lowest BCUT2D eigenvalue weighted by molar-refractivity contribution is -0.117. The fraction of sp³-hybridized carbons (Fsp3) is 0.350. The van der Waals surface area contributed by atoms with Crippen LogP contribution in [0.1, 0.15) is 42.7 Å². The monoisotopic (exact) mass is 308 g/mol. The molecule has 0 bridgehead atoms. The summed E-state index contributed by atoms with van der Waals surface area (Å²) in [7, 11) is 0. The SMILES string of the molecule is CCC(C(=O)Nc1ccc(C2CCNC2)cc1)c1ccccc1. The van der Waals surface area contributed by atoms with Gasteiger partial charge in [0.2, 0.25) is 5.91 Å². The lowest BCUT2D eigenvalue weighted by Crippen LogP contribution is -2.20. The molecule has 3 heteroatoms. The lowest BCUT2D eigenvalue weighted by Gasteiger charge is -2.16. The van der Waals surface area contributed by atoms with Crippen molar-refractivity contribution >= 4 is 11.6 Å². The molecule has 0 aliphatic carbocycles. The van der Waals surface area contributed by atoms with Crippen molar-refractivity contribution in [1.82, 2.24) is 5.32 Å². The molecule has 2 aromatic carbocycles. The van der Waals surface area contributed by atoms with Gasteiger partial charge in [-0.1, -0.05) is 49.4 Å². The van der Waals surface area contributed by atoms with E-state index in [0.29, 0.717) is 5.92 Å². The van der Waals surface area contributed by atoms with Crippen LogP contribution in [-0.4, -0.2) is 19.0 Å². The summed E-state index contributed by atoms with van der Waals surface area (Å²) in [5, 5.41) is 6.44. The fourth-order valence-electron chi connectivity index (χ4n) is 3.26. The summed E-state index contributed by atoms with van der Waals surface area (Å²) in [6, 6.07) is 18.3. The van der Waals surface area contributed by atoms with E-state index in [1.54, 1.807) is 0 Å². The summed E-state index contributed by atoms with van der Waals surface area (Å²) in [4.78, 5) is 12.6. The lowest BCUT2D eigenvalue weighted by atomic mass is 9.95. The van der Waals surface area contributed by atoms with E-state index >= 15 is 0 Å². The zero-order chi connectivity index (χ0) is 16.1. The number of amides is 1. The first kappa shape index (κ1) is 15.8. The highest BCUT2D eigenvalue weighted by Crippen LogP contribution is 2.25. The van der Waals surface area contributed by atoms with Crippen molar-refractivity contribution in [2.75, 3.05) is 18.4 Å². The Labute approximate surface area is 138 Å². The molecule has 3 nitrogen and oxygen atoms in total.